The molecule has 0 radical (unpaired) electrons. The van der Waals surface area contributed by atoms with E-state index < -0.39 is 0 Å². The van der Waals surface area contributed by atoms with E-state index in [1.54, 1.807) is 0 Å². The fraction of sp³-hybridized carbons (Fsp3) is 0.375. The number of carbonyl (C=O) groups is 2. The molecule has 2 heteroatoms. The number of carbonyl (C=O) groups excluding carboxylic acids is 2. The fourth-order valence-electron chi connectivity index (χ4n) is 2.97. The van der Waals surface area contributed by atoms with Crippen LogP contribution in [0.5, 0.6) is 0 Å². The van der Waals surface area contributed by atoms with Gasteiger partial charge in [0.25, 0.3) is 0 Å². The molecular weight excluding hydrogens is 224 g/mol. The van der Waals surface area contributed by atoms with Crippen LogP contribution in [-0.4, -0.2) is 11.6 Å². The number of allylic oxidation sites excluding steroid dienone is 8. The van der Waals surface area contributed by atoms with Crippen molar-refractivity contribution in [3.63, 3.8) is 0 Å². The molecule has 0 spiro atoms. The second-order valence-electron chi connectivity index (χ2n) is 5.44. The first-order valence-corrected chi connectivity index (χ1v) is 6.42. The molecule has 0 unspecified atom stereocenters. The first-order chi connectivity index (χ1) is 8.58. The van der Waals surface area contributed by atoms with Crippen LogP contribution in [0.25, 0.3) is 0 Å². The Bertz CT molecular complexity index is 545. The monoisotopic (exact) mass is 240 g/mol. The van der Waals surface area contributed by atoms with Crippen LogP contribution >= 0.6 is 0 Å². The Morgan fingerprint density at radius 2 is 1.11 bits per heavy atom. The summed E-state index contributed by atoms with van der Waals surface area (Å²) in [4.78, 5) is 24.9. The zero-order valence-corrected chi connectivity index (χ0v) is 10.8. The normalized spacial score (nSPS) is 23.7. The molecule has 0 saturated carbocycles. The van der Waals surface area contributed by atoms with Crippen molar-refractivity contribution < 1.29 is 9.59 Å². The van der Waals surface area contributed by atoms with Crippen LogP contribution in [0.1, 0.15) is 39.5 Å². The Balaban J connectivity index is 2.04. The Labute approximate surface area is 107 Å². The van der Waals surface area contributed by atoms with Gasteiger partial charge in [-0.1, -0.05) is 23.3 Å². The van der Waals surface area contributed by atoms with Gasteiger partial charge in [0.15, 0.2) is 11.6 Å². The van der Waals surface area contributed by atoms with Crippen LogP contribution in [0.3, 0.4) is 0 Å². The molecule has 0 atom stereocenters. The highest BCUT2D eigenvalue weighted by molar-refractivity contribution is 6.26. The first kappa shape index (κ1) is 11.4. The number of rotatable bonds is 0. The van der Waals surface area contributed by atoms with Gasteiger partial charge in [-0.2, -0.15) is 0 Å². The molecule has 3 aliphatic carbocycles. The molecule has 0 heterocycles. The molecule has 18 heavy (non-hydrogen) atoms. The summed E-state index contributed by atoms with van der Waals surface area (Å²) in [7, 11) is 0. The van der Waals surface area contributed by atoms with Gasteiger partial charge in [0, 0.05) is 22.3 Å². The van der Waals surface area contributed by atoms with Crippen LogP contribution in [0.4, 0.5) is 0 Å². The lowest BCUT2D eigenvalue weighted by Crippen LogP contribution is -2.27. The van der Waals surface area contributed by atoms with E-state index in [0.29, 0.717) is 25.7 Å². The molecule has 0 aliphatic heterocycles. The number of Topliss-reactive ketones (excluding diaryl/α,β-unsaturated/α-hetero) is 2. The van der Waals surface area contributed by atoms with Gasteiger partial charge < -0.3 is 0 Å². The zero-order valence-electron chi connectivity index (χ0n) is 10.8. The third kappa shape index (κ3) is 1.56. The summed E-state index contributed by atoms with van der Waals surface area (Å²) in [6, 6.07) is 0. The number of hydrogen-bond acceptors (Lipinski definition) is 2. The number of hydrogen-bond donors (Lipinski definition) is 0. The minimum Gasteiger partial charge on any atom is -0.289 e. The Morgan fingerprint density at radius 1 is 0.722 bits per heavy atom. The summed E-state index contributed by atoms with van der Waals surface area (Å²) in [5, 5.41) is 0. The van der Waals surface area contributed by atoms with Crippen molar-refractivity contribution in [2.45, 2.75) is 39.5 Å². The van der Waals surface area contributed by atoms with Crippen LogP contribution in [0.15, 0.2) is 45.6 Å². The van der Waals surface area contributed by atoms with Crippen LogP contribution < -0.4 is 0 Å². The molecule has 92 valence electrons. The van der Waals surface area contributed by atoms with Crippen molar-refractivity contribution >= 4 is 11.6 Å². The Kier molecular flexibility index (Phi) is 2.47. The quantitative estimate of drug-likeness (QED) is 0.481. The van der Waals surface area contributed by atoms with Crippen molar-refractivity contribution in [1.29, 1.82) is 0 Å². The standard InChI is InChI=1S/C16H16O2/c1-9-3-5-11-13(7-9)16(18)14-8-10(2)4-6-12(14)15(11)17/h3-4H,5-8H2,1-2H3. The minimum atomic E-state index is 0.118. The maximum Gasteiger partial charge on any atom is 0.186 e. The van der Waals surface area contributed by atoms with E-state index in [4.69, 9.17) is 0 Å². The summed E-state index contributed by atoms with van der Waals surface area (Å²) in [5.74, 6) is 0.242. The fourth-order valence-corrected chi connectivity index (χ4v) is 2.97. The highest BCUT2D eigenvalue weighted by atomic mass is 16.1. The van der Waals surface area contributed by atoms with Gasteiger partial charge in [0.05, 0.1) is 0 Å². The maximum absolute atomic E-state index is 12.5. The average molecular weight is 240 g/mol. The van der Waals surface area contributed by atoms with E-state index in [-0.39, 0.29) is 11.6 Å². The topological polar surface area (TPSA) is 34.1 Å². The van der Waals surface area contributed by atoms with Gasteiger partial charge in [-0.3, -0.25) is 9.59 Å². The van der Waals surface area contributed by atoms with Crippen molar-refractivity contribution in [2.75, 3.05) is 0 Å². The Morgan fingerprint density at radius 3 is 1.56 bits per heavy atom. The summed E-state index contributed by atoms with van der Waals surface area (Å²) < 4.78 is 0. The van der Waals surface area contributed by atoms with E-state index >= 15 is 0 Å². The van der Waals surface area contributed by atoms with Gasteiger partial charge in [0.2, 0.25) is 0 Å². The van der Waals surface area contributed by atoms with E-state index in [9.17, 15) is 9.59 Å². The lowest BCUT2D eigenvalue weighted by Gasteiger charge is -2.28. The van der Waals surface area contributed by atoms with Gasteiger partial charge >= 0.3 is 0 Å². The molecule has 2 nitrogen and oxygen atoms in total. The molecule has 0 aromatic carbocycles. The van der Waals surface area contributed by atoms with E-state index in [2.05, 4.69) is 12.2 Å². The molecule has 0 bridgehead atoms. The third-order valence-corrected chi connectivity index (χ3v) is 4.05. The summed E-state index contributed by atoms with van der Waals surface area (Å²) in [6.45, 7) is 4.05. The number of ketones is 2. The van der Waals surface area contributed by atoms with Gasteiger partial charge in [-0.15, -0.1) is 0 Å². The molecule has 0 fully saturated rings. The van der Waals surface area contributed by atoms with Crippen LogP contribution in [0.2, 0.25) is 0 Å². The highest BCUT2D eigenvalue weighted by Crippen LogP contribution is 2.39. The molecule has 0 aromatic rings. The molecule has 0 N–H and O–H groups in total. The van der Waals surface area contributed by atoms with Crippen LogP contribution in [-0.2, 0) is 9.59 Å². The van der Waals surface area contributed by atoms with Crippen molar-refractivity contribution in [3.8, 4) is 0 Å². The predicted molar refractivity (Wildman–Crippen MR) is 70.0 cm³/mol. The average Bonchev–Trinajstić information content (AvgIpc) is 2.35. The van der Waals surface area contributed by atoms with E-state index in [1.165, 1.54) is 11.1 Å². The van der Waals surface area contributed by atoms with Crippen LogP contribution in [0, 0.1) is 0 Å². The second kappa shape index (κ2) is 3.91. The van der Waals surface area contributed by atoms with E-state index in [1.807, 2.05) is 13.8 Å². The van der Waals surface area contributed by atoms with E-state index in [0.717, 1.165) is 22.3 Å². The second-order valence-corrected chi connectivity index (χ2v) is 5.44. The lowest BCUT2D eigenvalue weighted by molar-refractivity contribution is -0.116. The first-order valence-electron chi connectivity index (χ1n) is 6.42. The maximum atomic E-state index is 12.5. The SMILES string of the molecule is CC1=CCC2=C(C1)C(=O)C1=C(CC=C(C)C1)C2=O. The summed E-state index contributed by atoms with van der Waals surface area (Å²) in [5.41, 5.74) is 5.40. The molecule has 3 aliphatic rings. The molecule has 0 aromatic heterocycles. The summed E-state index contributed by atoms with van der Waals surface area (Å²) >= 11 is 0. The predicted octanol–water partition coefficient (Wildman–Crippen LogP) is 3.21. The molecular formula is C16H16O2. The van der Waals surface area contributed by atoms with Gasteiger partial charge in [0.1, 0.15) is 0 Å². The van der Waals surface area contributed by atoms with Crippen molar-refractivity contribution in [1.82, 2.24) is 0 Å². The molecule has 0 amide bonds. The highest BCUT2D eigenvalue weighted by Gasteiger charge is 2.35. The Hall–Kier alpha value is -1.70. The van der Waals surface area contributed by atoms with Crippen molar-refractivity contribution in [3.05, 3.63) is 45.6 Å². The lowest BCUT2D eigenvalue weighted by atomic mass is 9.74. The minimum absolute atomic E-state index is 0.118. The molecule has 0 saturated heterocycles. The van der Waals surface area contributed by atoms with Gasteiger partial charge in [-0.05, 0) is 39.5 Å². The zero-order chi connectivity index (χ0) is 12.9. The summed E-state index contributed by atoms with van der Waals surface area (Å²) in [6.07, 6.45) is 6.70. The third-order valence-electron chi connectivity index (χ3n) is 4.05. The largest absolute Gasteiger partial charge is 0.289 e. The molecule has 3 rings (SSSR count). The van der Waals surface area contributed by atoms with Crippen molar-refractivity contribution in [2.24, 2.45) is 0 Å². The smallest absolute Gasteiger partial charge is 0.186 e. The van der Waals surface area contributed by atoms with Gasteiger partial charge in [-0.25, -0.2) is 0 Å².